The van der Waals surface area contributed by atoms with E-state index in [4.69, 9.17) is 15.2 Å². The maximum Gasteiger partial charge on any atom is 0.137 e. The number of ether oxygens (including phenoxy) is 2. The Morgan fingerprint density at radius 2 is 2.12 bits per heavy atom. The van der Waals surface area contributed by atoms with Gasteiger partial charge in [-0.1, -0.05) is 6.92 Å². The monoisotopic (exact) mass is 224 g/mol. The number of methoxy groups -OCH3 is 1. The van der Waals surface area contributed by atoms with Crippen molar-refractivity contribution >= 4 is 0 Å². The molecule has 0 fully saturated rings. The first kappa shape index (κ1) is 12.9. The second kappa shape index (κ2) is 6.45. The number of nitrogens with zero attached hydrogens (tertiary/aromatic N) is 1. The molecule has 0 aliphatic heterocycles. The van der Waals surface area contributed by atoms with Gasteiger partial charge < -0.3 is 15.2 Å². The minimum absolute atomic E-state index is 0.0127. The average molecular weight is 224 g/mol. The van der Waals surface area contributed by atoms with E-state index in [1.807, 2.05) is 19.9 Å². The standard InChI is InChI=1S/C12H20N2O2/c1-4-11(15-3)12(13)9-6-10(16-5-2)8-14-7-9/h6-8,11-12H,4-5,13H2,1-3H3. The molecule has 0 amide bonds. The number of pyridine rings is 1. The van der Waals surface area contributed by atoms with Gasteiger partial charge in [0.15, 0.2) is 0 Å². The fraction of sp³-hybridized carbons (Fsp3) is 0.583. The van der Waals surface area contributed by atoms with Crippen LogP contribution in [0.15, 0.2) is 18.5 Å². The van der Waals surface area contributed by atoms with E-state index in [2.05, 4.69) is 4.98 Å². The summed E-state index contributed by atoms with van der Waals surface area (Å²) in [6, 6.07) is 1.76. The highest BCUT2D eigenvalue weighted by atomic mass is 16.5. The van der Waals surface area contributed by atoms with Crippen LogP contribution in [0.25, 0.3) is 0 Å². The van der Waals surface area contributed by atoms with Gasteiger partial charge in [-0.2, -0.15) is 0 Å². The van der Waals surface area contributed by atoms with Crippen LogP contribution < -0.4 is 10.5 Å². The number of aromatic nitrogens is 1. The fourth-order valence-corrected chi connectivity index (χ4v) is 1.65. The molecule has 0 bridgehead atoms. The summed E-state index contributed by atoms with van der Waals surface area (Å²) in [4.78, 5) is 4.11. The van der Waals surface area contributed by atoms with Crippen LogP contribution in [-0.4, -0.2) is 24.8 Å². The van der Waals surface area contributed by atoms with Crippen molar-refractivity contribution in [3.8, 4) is 5.75 Å². The van der Waals surface area contributed by atoms with E-state index in [1.165, 1.54) is 0 Å². The zero-order valence-electron chi connectivity index (χ0n) is 10.1. The molecule has 1 aromatic heterocycles. The van der Waals surface area contributed by atoms with Crippen molar-refractivity contribution < 1.29 is 9.47 Å². The molecule has 1 heterocycles. The third-order valence-electron chi connectivity index (χ3n) is 2.54. The molecule has 90 valence electrons. The van der Waals surface area contributed by atoms with E-state index < -0.39 is 0 Å². The molecule has 16 heavy (non-hydrogen) atoms. The van der Waals surface area contributed by atoms with Crippen molar-refractivity contribution in [2.45, 2.75) is 32.4 Å². The van der Waals surface area contributed by atoms with Crippen LogP contribution in [0.3, 0.4) is 0 Å². The Balaban J connectivity index is 2.81. The minimum Gasteiger partial charge on any atom is -0.492 e. The van der Waals surface area contributed by atoms with Crippen molar-refractivity contribution in [1.29, 1.82) is 0 Å². The van der Waals surface area contributed by atoms with Crippen LogP contribution >= 0.6 is 0 Å². The highest BCUT2D eigenvalue weighted by molar-refractivity contribution is 5.26. The van der Waals surface area contributed by atoms with Gasteiger partial charge in [0, 0.05) is 13.3 Å². The molecule has 0 aromatic carbocycles. The molecule has 0 aliphatic rings. The zero-order chi connectivity index (χ0) is 12.0. The largest absolute Gasteiger partial charge is 0.492 e. The van der Waals surface area contributed by atoms with Gasteiger partial charge in [0.2, 0.25) is 0 Å². The lowest BCUT2D eigenvalue weighted by atomic mass is 10.0. The van der Waals surface area contributed by atoms with Gasteiger partial charge in [-0.3, -0.25) is 4.98 Å². The molecule has 1 rings (SSSR count). The van der Waals surface area contributed by atoms with Gasteiger partial charge in [0.1, 0.15) is 5.75 Å². The first-order valence-corrected chi connectivity index (χ1v) is 5.59. The molecule has 4 heteroatoms. The predicted molar refractivity (Wildman–Crippen MR) is 63.4 cm³/mol. The van der Waals surface area contributed by atoms with Crippen LogP contribution in [0.4, 0.5) is 0 Å². The molecule has 2 N–H and O–H groups in total. The van der Waals surface area contributed by atoms with E-state index >= 15 is 0 Å². The van der Waals surface area contributed by atoms with Crippen LogP contribution in [0.1, 0.15) is 31.9 Å². The van der Waals surface area contributed by atoms with Crippen LogP contribution in [0.2, 0.25) is 0 Å². The smallest absolute Gasteiger partial charge is 0.137 e. The van der Waals surface area contributed by atoms with Gasteiger partial charge >= 0.3 is 0 Å². The van der Waals surface area contributed by atoms with Crippen LogP contribution in [0.5, 0.6) is 5.75 Å². The summed E-state index contributed by atoms with van der Waals surface area (Å²) in [5.74, 6) is 0.751. The summed E-state index contributed by atoms with van der Waals surface area (Å²) in [6.07, 6.45) is 4.33. The van der Waals surface area contributed by atoms with Crippen LogP contribution in [-0.2, 0) is 4.74 Å². The quantitative estimate of drug-likeness (QED) is 0.802. The van der Waals surface area contributed by atoms with Gasteiger partial charge in [-0.25, -0.2) is 0 Å². The molecular formula is C12H20N2O2. The summed E-state index contributed by atoms with van der Waals surface area (Å²) in [7, 11) is 1.67. The molecule has 0 saturated heterocycles. The number of rotatable bonds is 6. The van der Waals surface area contributed by atoms with Crippen molar-refractivity contribution in [3.05, 3.63) is 24.0 Å². The Morgan fingerprint density at radius 1 is 1.38 bits per heavy atom. The molecule has 1 aromatic rings. The second-order valence-electron chi connectivity index (χ2n) is 3.60. The highest BCUT2D eigenvalue weighted by Gasteiger charge is 2.17. The Morgan fingerprint density at radius 3 is 2.69 bits per heavy atom. The normalized spacial score (nSPS) is 14.5. The maximum atomic E-state index is 6.10. The lowest BCUT2D eigenvalue weighted by molar-refractivity contribution is 0.0770. The van der Waals surface area contributed by atoms with E-state index in [1.54, 1.807) is 19.5 Å². The number of hydrogen-bond donors (Lipinski definition) is 1. The molecule has 0 aliphatic carbocycles. The molecule has 0 spiro atoms. The predicted octanol–water partition coefficient (Wildman–Crippen LogP) is 1.91. The van der Waals surface area contributed by atoms with E-state index in [0.29, 0.717) is 6.61 Å². The number of nitrogens with two attached hydrogens (primary N) is 1. The average Bonchev–Trinajstić information content (AvgIpc) is 2.31. The molecule has 4 nitrogen and oxygen atoms in total. The molecular weight excluding hydrogens is 204 g/mol. The summed E-state index contributed by atoms with van der Waals surface area (Å²) < 4.78 is 10.7. The lowest BCUT2D eigenvalue weighted by Gasteiger charge is -2.21. The van der Waals surface area contributed by atoms with Gasteiger partial charge in [-0.05, 0) is 25.0 Å². The topological polar surface area (TPSA) is 57.4 Å². The van der Waals surface area contributed by atoms with E-state index in [-0.39, 0.29) is 12.1 Å². The van der Waals surface area contributed by atoms with Gasteiger partial charge in [0.25, 0.3) is 0 Å². The van der Waals surface area contributed by atoms with Crippen LogP contribution in [0, 0.1) is 0 Å². The van der Waals surface area contributed by atoms with Crippen molar-refractivity contribution in [3.63, 3.8) is 0 Å². The zero-order valence-corrected chi connectivity index (χ0v) is 10.1. The summed E-state index contributed by atoms with van der Waals surface area (Å²) in [5, 5.41) is 0. The summed E-state index contributed by atoms with van der Waals surface area (Å²) in [6.45, 7) is 4.62. The fourth-order valence-electron chi connectivity index (χ4n) is 1.65. The lowest BCUT2D eigenvalue weighted by Crippen LogP contribution is -2.27. The third-order valence-corrected chi connectivity index (χ3v) is 2.54. The van der Waals surface area contributed by atoms with E-state index in [0.717, 1.165) is 17.7 Å². The Labute approximate surface area is 96.8 Å². The summed E-state index contributed by atoms with van der Waals surface area (Å²) in [5.41, 5.74) is 7.05. The molecule has 0 saturated carbocycles. The Bertz CT molecular complexity index is 314. The summed E-state index contributed by atoms with van der Waals surface area (Å²) >= 11 is 0. The SMILES string of the molecule is CCOc1cncc(C(N)C(CC)OC)c1. The Kier molecular flexibility index (Phi) is 5.22. The van der Waals surface area contributed by atoms with Gasteiger partial charge in [0.05, 0.1) is 24.9 Å². The third kappa shape index (κ3) is 3.18. The molecule has 2 atom stereocenters. The maximum absolute atomic E-state index is 6.10. The second-order valence-corrected chi connectivity index (χ2v) is 3.60. The van der Waals surface area contributed by atoms with Gasteiger partial charge in [-0.15, -0.1) is 0 Å². The van der Waals surface area contributed by atoms with E-state index in [9.17, 15) is 0 Å². The van der Waals surface area contributed by atoms with Crippen molar-refractivity contribution in [2.75, 3.05) is 13.7 Å². The first-order valence-electron chi connectivity index (χ1n) is 5.59. The highest BCUT2D eigenvalue weighted by Crippen LogP contribution is 2.21. The minimum atomic E-state index is -0.164. The van der Waals surface area contributed by atoms with Crippen molar-refractivity contribution in [2.24, 2.45) is 5.73 Å². The first-order chi connectivity index (χ1) is 7.72. The molecule has 2 unspecified atom stereocenters. The number of hydrogen-bond acceptors (Lipinski definition) is 4. The molecule has 0 radical (unpaired) electrons. The Hall–Kier alpha value is -1.13. The van der Waals surface area contributed by atoms with Crippen molar-refractivity contribution in [1.82, 2.24) is 4.98 Å².